The second kappa shape index (κ2) is 6.92. The molecule has 0 heterocycles. The summed E-state index contributed by atoms with van der Waals surface area (Å²) in [4.78, 5) is 2.22. The molecular formula is C13H20BrNO. The summed E-state index contributed by atoms with van der Waals surface area (Å²) in [5, 5.41) is 9.32. The third kappa shape index (κ3) is 3.80. The molecular weight excluding hydrogens is 266 g/mol. The fourth-order valence-corrected chi connectivity index (χ4v) is 2.18. The van der Waals surface area contributed by atoms with Gasteiger partial charge in [-0.25, -0.2) is 0 Å². The zero-order valence-corrected chi connectivity index (χ0v) is 11.6. The molecule has 0 aromatic heterocycles. The van der Waals surface area contributed by atoms with Crippen molar-refractivity contribution in [1.29, 1.82) is 0 Å². The summed E-state index contributed by atoms with van der Waals surface area (Å²) in [6.07, 6.45) is 3.70. The van der Waals surface area contributed by atoms with Crippen LogP contribution in [0.4, 0.5) is 5.69 Å². The van der Waals surface area contributed by atoms with Gasteiger partial charge in [-0.1, -0.05) is 35.7 Å². The lowest BCUT2D eigenvalue weighted by molar-refractivity contribution is 0.282. The van der Waals surface area contributed by atoms with E-state index in [4.69, 9.17) is 0 Å². The van der Waals surface area contributed by atoms with Gasteiger partial charge in [-0.2, -0.15) is 0 Å². The first-order valence-electron chi connectivity index (χ1n) is 5.79. The number of anilines is 1. The largest absolute Gasteiger partial charge is 0.392 e. The molecule has 90 valence electrons. The molecule has 1 N–H and O–H groups in total. The third-order valence-electron chi connectivity index (χ3n) is 2.72. The fraction of sp³-hybridized carbons (Fsp3) is 0.538. The Hall–Kier alpha value is -0.540. The van der Waals surface area contributed by atoms with Crippen molar-refractivity contribution in [2.24, 2.45) is 0 Å². The molecule has 0 fully saturated rings. The normalized spacial score (nSPS) is 10.5. The van der Waals surface area contributed by atoms with Crippen LogP contribution in [0.25, 0.3) is 0 Å². The van der Waals surface area contributed by atoms with E-state index < -0.39 is 0 Å². The second-order valence-electron chi connectivity index (χ2n) is 4.06. The zero-order valence-electron chi connectivity index (χ0n) is 10.0. The summed E-state index contributed by atoms with van der Waals surface area (Å²) < 4.78 is 1.02. The molecule has 0 atom stereocenters. The lowest BCUT2D eigenvalue weighted by atomic mass is 10.1. The number of nitrogens with zero attached hydrogens (tertiary/aromatic N) is 1. The van der Waals surface area contributed by atoms with Crippen molar-refractivity contribution in [3.63, 3.8) is 0 Å². The van der Waals surface area contributed by atoms with Crippen LogP contribution in [0.15, 0.2) is 22.7 Å². The highest BCUT2D eigenvalue weighted by Crippen LogP contribution is 2.24. The number of unbranched alkanes of at least 4 members (excludes halogenated alkanes) is 2. The third-order valence-corrected chi connectivity index (χ3v) is 3.21. The maximum Gasteiger partial charge on any atom is 0.0702 e. The smallest absolute Gasteiger partial charge is 0.0702 e. The number of aliphatic hydroxyl groups is 1. The van der Waals surface area contributed by atoms with Crippen molar-refractivity contribution < 1.29 is 5.11 Å². The Labute approximate surface area is 106 Å². The Morgan fingerprint density at radius 3 is 2.69 bits per heavy atom. The van der Waals surface area contributed by atoms with Gasteiger partial charge in [0.05, 0.1) is 6.61 Å². The number of halogens is 1. The Morgan fingerprint density at radius 2 is 2.06 bits per heavy atom. The van der Waals surface area contributed by atoms with Crippen LogP contribution >= 0.6 is 15.9 Å². The lowest BCUT2D eigenvalue weighted by Crippen LogP contribution is -2.19. The number of rotatable bonds is 6. The molecule has 1 rings (SSSR count). The highest BCUT2D eigenvalue weighted by atomic mass is 79.9. The summed E-state index contributed by atoms with van der Waals surface area (Å²) in [6, 6.07) is 6.05. The highest BCUT2D eigenvalue weighted by molar-refractivity contribution is 9.10. The van der Waals surface area contributed by atoms with Crippen LogP contribution < -0.4 is 4.90 Å². The molecule has 2 nitrogen and oxygen atoms in total. The first-order chi connectivity index (χ1) is 7.69. The van der Waals surface area contributed by atoms with E-state index in [0.717, 1.165) is 22.3 Å². The van der Waals surface area contributed by atoms with Crippen LogP contribution in [0, 0.1) is 0 Å². The SMILES string of the molecule is CCCCCN(C)c1ccc(Br)cc1CO. The van der Waals surface area contributed by atoms with E-state index in [-0.39, 0.29) is 6.61 Å². The Morgan fingerprint density at radius 1 is 1.31 bits per heavy atom. The Balaban J connectivity index is 2.70. The number of hydrogen-bond donors (Lipinski definition) is 1. The fourth-order valence-electron chi connectivity index (χ4n) is 1.77. The first kappa shape index (κ1) is 13.5. The van der Waals surface area contributed by atoms with Gasteiger partial charge < -0.3 is 10.0 Å². The van der Waals surface area contributed by atoms with Crippen LogP contribution in [0.1, 0.15) is 31.7 Å². The summed E-state index contributed by atoms with van der Waals surface area (Å²) in [6.45, 7) is 3.34. The van der Waals surface area contributed by atoms with Crippen molar-refractivity contribution in [3.8, 4) is 0 Å². The van der Waals surface area contributed by atoms with Gasteiger partial charge in [-0.05, 0) is 24.6 Å². The van der Waals surface area contributed by atoms with Crippen LogP contribution in [-0.2, 0) is 6.61 Å². The average Bonchev–Trinajstić information content (AvgIpc) is 2.29. The van der Waals surface area contributed by atoms with Gasteiger partial charge in [0, 0.05) is 29.3 Å². The second-order valence-corrected chi connectivity index (χ2v) is 4.98. The Bertz CT molecular complexity index is 328. The van der Waals surface area contributed by atoms with Gasteiger partial charge in [0.1, 0.15) is 0 Å². The molecule has 1 aromatic carbocycles. The number of hydrogen-bond acceptors (Lipinski definition) is 2. The maximum absolute atomic E-state index is 9.32. The first-order valence-corrected chi connectivity index (χ1v) is 6.58. The summed E-state index contributed by atoms with van der Waals surface area (Å²) in [7, 11) is 2.08. The van der Waals surface area contributed by atoms with Crippen molar-refractivity contribution >= 4 is 21.6 Å². The summed E-state index contributed by atoms with van der Waals surface area (Å²) in [5.74, 6) is 0. The van der Waals surface area contributed by atoms with Gasteiger partial charge in [0.25, 0.3) is 0 Å². The molecule has 0 amide bonds. The average molecular weight is 286 g/mol. The van der Waals surface area contributed by atoms with Crippen LogP contribution in [0.2, 0.25) is 0 Å². The predicted octanol–water partition coefficient (Wildman–Crippen LogP) is 3.57. The summed E-state index contributed by atoms with van der Waals surface area (Å²) >= 11 is 3.42. The van der Waals surface area contributed by atoms with Gasteiger partial charge in [0.2, 0.25) is 0 Å². The molecule has 0 aliphatic carbocycles. The van der Waals surface area contributed by atoms with Crippen molar-refractivity contribution in [3.05, 3.63) is 28.2 Å². The molecule has 0 saturated carbocycles. The monoisotopic (exact) mass is 285 g/mol. The van der Waals surface area contributed by atoms with Crippen LogP contribution in [-0.4, -0.2) is 18.7 Å². The van der Waals surface area contributed by atoms with Crippen molar-refractivity contribution in [2.75, 3.05) is 18.5 Å². The zero-order chi connectivity index (χ0) is 12.0. The van der Waals surface area contributed by atoms with E-state index in [0.29, 0.717) is 0 Å². The minimum absolute atomic E-state index is 0.0902. The van der Waals surface area contributed by atoms with Gasteiger partial charge in [0.15, 0.2) is 0 Å². The summed E-state index contributed by atoms with van der Waals surface area (Å²) in [5.41, 5.74) is 2.11. The van der Waals surface area contributed by atoms with Crippen molar-refractivity contribution in [1.82, 2.24) is 0 Å². The van der Waals surface area contributed by atoms with E-state index in [1.807, 2.05) is 12.1 Å². The predicted molar refractivity (Wildman–Crippen MR) is 72.9 cm³/mol. The molecule has 0 radical (unpaired) electrons. The van der Waals surface area contributed by atoms with E-state index in [2.05, 4.69) is 40.9 Å². The molecule has 0 aliphatic heterocycles. The molecule has 0 aliphatic rings. The molecule has 0 unspecified atom stereocenters. The molecule has 0 spiro atoms. The molecule has 16 heavy (non-hydrogen) atoms. The van der Waals surface area contributed by atoms with E-state index >= 15 is 0 Å². The van der Waals surface area contributed by atoms with E-state index in [9.17, 15) is 5.11 Å². The standard InChI is InChI=1S/C13H20BrNO/c1-3-4-5-8-15(2)13-7-6-12(14)9-11(13)10-16/h6-7,9,16H,3-5,8,10H2,1-2H3. The van der Waals surface area contributed by atoms with E-state index in [1.165, 1.54) is 19.3 Å². The van der Waals surface area contributed by atoms with E-state index in [1.54, 1.807) is 0 Å². The van der Waals surface area contributed by atoms with Gasteiger partial charge in [-0.3, -0.25) is 0 Å². The van der Waals surface area contributed by atoms with Gasteiger partial charge >= 0.3 is 0 Å². The minimum Gasteiger partial charge on any atom is -0.392 e. The quantitative estimate of drug-likeness (QED) is 0.808. The lowest BCUT2D eigenvalue weighted by Gasteiger charge is -2.22. The highest BCUT2D eigenvalue weighted by Gasteiger charge is 2.06. The molecule has 3 heteroatoms. The van der Waals surface area contributed by atoms with Crippen LogP contribution in [0.5, 0.6) is 0 Å². The molecule has 1 aromatic rings. The maximum atomic E-state index is 9.32. The molecule has 0 bridgehead atoms. The number of benzene rings is 1. The molecule has 0 saturated heterocycles. The number of aliphatic hydroxyl groups excluding tert-OH is 1. The van der Waals surface area contributed by atoms with Gasteiger partial charge in [-0.15, -0.1) is 0 Å². The van der Waals surface area contributed by atoms with Crippen molar-refractivity contribution in [2.45, 2.75) is 32.8 Å². The Kier molecular flexibility index (Phi) is 5.85. The minimum atomic E-state index is 0.0902. The van der Waals surface area contributed by atoms with Crippen LogP contribution in [0.3, 0.4) is 0 Å². The topological polar surface area (TPSA) is 23.5 Å².